The quantitative estimate of drug-likeness (QED) is 0.834. The number of rotatable bonds is 5. The van der Waals surface area contributed by atoms with E-state index >= 15 is 0 Å². The van der Waals surface area contributed by atoms with Crippen molar-refractivity contribution in [3.05, 3.63) is 30.1 Å². The number of fused-ring (bicyclic) bond motifs is 1. The van der Waals surface area contributed by atoms with Gasteiger partial charge in [-0.2, -0.15) is 0 Å². The minimum atomic E-state index is 0.127. The number of benzene rings is 1. The van der Waals surface area contributed by atoms with Crippen LogP contribution in [0.25, 0.3) is 10.9 Å². The summed E-state index contributed by atoms with van der Waals surface area (Å²) in [5, 5.41) is 1.08. The summed E-state index contributed by atoms with van der Waals surface area (Å²) in [4.78, 5) is 13.7. The topological polar surface area (TPSA) is 50.7 Å². The molecule has 1 aromatic carbocycles. The molecule has 1 atom stereocenters. The van der Waals surface area contributed by atoms with Gasteiger partial charge in [0.15, 0.2) is 0 Å². The van der Waals surface area contributed by atoms with Gasteiger partial charge in [0, 0.05) is 26.0 Å². The lowest BCUT2D eigenvalue weighted by molar-refractivity contribution is -0.0964. The summed E-state index contributed by atoms with van der Waals surface area (Å²) in [5.41, 5.74) is 0.979. The van der Waals surface area contributed by atoms with E-state index in [0.717, 1.165) is 29.1 Å². The molecule has 6 heteroatoms. The molecular weight excluding hydrogens is 292 g/mol. The summed E-state index contributed by atoms with van der Waals surface area (Å²) in [6.45, 7) is 3.53. The molecule has 0 radical (unpaired) electrons. The van der Waals surface area contributed by atoms with Gasteiger partial charge in [-0.05, 0) is 19.2 Å². The normalized spacial score (nSPS) is 18.5. The molecule has 0 aliphatic carbocycles. The van der Waals surface area contributed by atoms with Crippen molar-refractivity contribution in [2.24, 2.45) is 0 Å². The summed E-state index contributed by atoms with van der Waals surface area (Å²) in [7, 11) is 6.08. The van der Waals surface area contributed by atoms with Crippen LogP contribution in [0.1, 0.15) is 5.82 Å². The van der Waals surface area contributed by atoms with Gasteiger partial charge in [-0.15, -0.1) is 0 Å². The molecular formula is C17H24N4O2. The van der Waals surface area contributed by atoms with Gasteiger partial charge >= 0.3 is 0 Å². The van der Waals surface area contributed by atoms with Crippen LogP contribution in [-0.2, 0) is 16.0 Å². The first-order valence-electron chi connectivity index (χ1n) is 7.94. The fraction of sp³-hybridized carbons (Fsp3) is 0.529. The average Bonchev–Trinajstić information content (AvgIpc) is 2.54. The molecule has 1 aliphatic heterocycles. The molecule has 1 aromatic heterocycles. The Morgan fingerprint density at radius 1 is 1.13 bits per heavy atom. The molecule has 0 N–H and O–H groups in total. The van der Waals surface area contributed by atoms with Crippen molar-refractivity contribution in [2.75, 3.05) is 52.4 Å². The highest BCUT2D eigenvalue weighted by Crippen LogP contribution is 2.22. The van der Waals surface area contributed by atoms with Gasteiger partial charge < -0.3 is 14.4 Å². The Hall–Kier alpha value is -1.76. The fourth-order valence-electron chi connectivity index (χ4n) is 2.81. The third-order valence-electron chi connectivity index (χ3n) is 3.86. The van der Waals surface area contributed by atoms with E-state index in [0.29, 0.717) is 26.4 Å². The molecule has 0 bridgehead atoms. The lowest BCUT2D eigenvalue weighted by atomic mass is 10.2. The van der Waals surface area contributed by atoms with Crippen LogP contribution < -0.4 is 4.90 Å². The number of hydrogen-bond donors (Lipinski definition) is 0. The molecule has 0 saturated carbocycles. The van der Waals surface area contributed by atoms with Crippen LogP contribution >= 0.6 is 0 Å². The molecule has 1 fully saturated rings. The monoisotopic (exact) mass is 316 g/mol. The van der Waals surface area contributed by atoms with Gasteiger partial charge in [-0.3, -0.25) is 4.90 Å². The smallest absolute Gasteiger partial charge is 0.145 e. The van der Waals surface area contributed by atoms with Crippen LogP contribution in [0.5, 0.6) is 0 Å². The number of nitrogens with zero attached hydrogens (tertiary/aromatic N) is 4. The number of aromatic nitrogens is 2. The zero-order valence-electron chi connectivity index (χ0n) is 14.0. The molecule has 23 heavy (non-hydrogen) atoms. The van der Waals surface area contributed by atoms with E-state index in [1.165, 1.54) is 0 Å². The average molecular weight is 316 g/mol. The van der Waals surface area contributed by atoms with E-state index in [-0.39, 0.29) is 6.10 Å². The summed E-state index contributed by atoms with van der Waals surface area (Å²) < 4.78 is 11.2. The second-order valence-electron chi connectivity index (χ2n) is 6.14. The molecule has 3 rings (SSSR count). The highest BCUT2D eigenvalue weighted by molar-refractivity contribution is 5.89. The summed E-state index contributed by atoms with van der Waals surface area (Å²) >= 11 is 0. The van der Waals surface area contributed by atoms with Crippen molar-refractivity contribution >= 4 is 16.7 Å². The van der Waals surface area contributed by atoms with Gasteiger partial charge in [0.05, 0.1) is 38.0 Å². The van der Waals surface area contributed by atoms with Gasteiger partial charge in [-0.25, -0.2) is 9.97 Å². The Bertz CT molecular complexity index is 656. The first kappa shape index (κ1) is 16.1. The van der Waals surface area contributed by atoms with Crippen LogP contribution in [-0.4, -0.2) is 68.5 Å². The van der Waals surface area contributed by atoms with Crippen molar-refractivity contribution in [3.8, 4) is 0 Å². The van der Waals surface area contributed by atoms with Gasteiger partial charge in [0.2, 0.25) is 0 Å². The Morgan fingerprint density at radius 2 is 1.96 bits per heavy atom. The standard InChI is InChI=1S/C17H24N4O2/c1-20(2)17-14-6-4-5-7-15(14)18-16(19-17)11-21(3)10-13-12-22-8-9-23-13/h4-7,13H,8-12H2,1-3H3. The Labute approximate surface area is 137 Å². The van der Waals surface area contributed by atoms with Crippen molar-refractivity contribution in [3.63, 3.8) is 0 Å². The highest BCUT2D eigenvalue weighted by Gasteiger charge is 2.17. The zero-order chi connectivity index (χ0) is 16.2. The summed E-state index contributed by atoms with van der Waals surface area (Å²) in [6.07, 6.45) is 0.127. The number of hydrogen-bond acceptors (Lipinski definition) is 6. The molecule has 0 spiro atoms. The molecule has 0 amide bonds. The van der Waals surface area contributed by atoms with Crippen LogP contribution in [0.3, 0.4) is 0 Å². The molecule has 1 saturated heterocycles. The second kappa shape index (κ2) is 7.21. The van der Waals surface area contributed by atoms with Gasteiger partial charge in [0.25, 0.3) is 0 Å². The Kier molecular flexibility index (Phi) is 5.05. The number of ether oxygens (including phenoxy) is 2. The maximum Gasteiger partial charge on any atom is 0.145 e. The third kappa shape index (κ3) is 3.96. The molecule has 2 heterocycles. The van der Waals surface area contributed by atoms with E-state index in [2.05, 4.69) is 18.0 Å². The molecule has 1 unspecified atom stereocenters. The van der Waals surface area contributed by atoms with Crippen LogP contribution in [0, 0.1) is 0 Å². The van der Waals surface area contributed by atoms with Crippen LogP contribution in [0.4, 0.5) is 5.82 Å². The number of para-hydroxylation sites is 1. The van der Waals surface area contributed by atoms with E-state index < -0.39 is 0 Å². The predicted octanol–water partition coefficient (Wildman–Crippen LogP) is 1.54. The largest absolute Gasteiger partial charge is 0.376 e. The first-order valence-corrected chi connectivity index (χ1v) is 7.94. The first-order chi connectivity index (χ1) is 11.1. The highest BCUT2D eigenvalue weighted by atomic mass is 16.6. The Balaban J connectivity index is 1.76. The van der Waals surface area contributed by atoms with Crippen molar-refractivity contribution < 1.29 is 9.47 Å². The van der Waals surface area contributed by atoms with Gasteiger partial charge in [0.1, 0.15) is 11.6 Å². The summed E-state index contributed by atoms with van der Waals surface area (Å²) in [6, 6.07) is 8.12. The molecule has 1 aliphatic rings. The zero-order valence-corrected chi connectivity index (χ0v) is 14.0. The van der Waals surface area contributed by atoms with Gasteiger partial charge in [-0.1, -0.05) is 12.1 Å². The molecule has 2 aromatic rings. The lowest BCUT2D eigenvalue weighted by Crippen LogP contribution is -2.38. The third-order valence-corrected chi connectivity index (χ3v) is 3.86. The van der Waals surface area contributed by atoms with E-state index in [1.54, 1.807) is 0 Å². The fourth-order valence-corrected chi connectivity index (χ4v) is 2.81. The van der Waals surface area contributed by atoms with Crippen molar-refractivity contribution in [2.45, 2.75) is 12.6 Å². The van der Waals surface area contributed by atoms with E-state index in [1.807, 2.05) is 37.2 Å². The number of anilines is 1. The predicted molar refractivity (Wildman–Crippen MR) is 90.8 cm³/mol. The minimum absolute atomic E-state index is 0.127. The van der Waals surface area contributed by atoms with E-state index in [4.69, 9.17) is 19.4 Å². The second-order valence-corrected chi connectivity index (χ2v) is 6.14. The van der Waals surface area contributed by atoms with Crippen molar-refractivity contribution in [1.82, 2.24) is 14.9 Å². The summed E-state index contributed by atoms with van der Waals surface area (Å²) in [5.74, 6) is 1.78. The molecule has 124 valence electrons. The maximum atomic E-state index is 5.70. The van der Waals surface area contributed by atoms with Crippen LogP contribution in [0.2, 0.25) is 0 Å². The number of likely N-dealkylation sites (N-methyl/N-ethyl adjacent to an activating group) is 1. The Morgan fingerprint density at radius 3 is 2.70 bits per heavy atom. The minimum Gasteiger partial charge on any atom is -0.376 e. The van der Waals surface area contributed by atoms with Crippen molar-refractivity contribution in [1.29, 1.82) is 0 Å². The lowest BCUT2D eigenvalue weighted by Gasteiger charge is -2.27. The van der Waals surface area contributed by atoms with Crippen LogP contribution in [0.15, 0.2) is 24.3 Å². The van der Waals surface area contributed by atoms with E-state index in [9.17, 15) is 0 Å². The maximum absolute atomic E-state index is 5.70. The SMILES string of the molecule is CN(Cc1nc(N(C)C)c2ccccc2n1)CC1COCCO1. The molecule has 6 nitrogen and oxygen atoms in total.